The molecule has 2 N–H and O–H groups in total. The van der Waals surface area contributed by atoms with Crippen LogP contribution in [0.4, 0.5) is 0 Å². The quantitative estimate of drug-likeness (QED) is 0.255. The summed E-state index contributed by atoms with van der Waals surface area (Å²) in [5, 5.41) is 18.1. The van der Waals surface area contributed by atoms with E-state index in [-0.39, 0.29) is 27.2 Å². The molecule has 2 heterocycles. The molecule has 0 aromatic heterocycles. The molecule has 270 valence electrons. The van der Waals surface area contributed by atoms with E-state index in [1.807, 2.05) is 14.7 Å². The van der Waals surface area contributed by atoms with Crippen LogP contribution >= 0.6 is 0 Å². The minimum Gasteiger partial charge on any atom is -0.480 e. The van der Waals surface area contributed by atoms with E-state index in [2.05, 4.69) is 54.2 Å². The molecule has 0 aliphatic carbocycles. The SMILES string of the molecule is C.CC(C)N1CCN(COC=O)CCN(CC(=O)O)CC1.CCN1CCN(COC=O)CCN(C(C)C)CCN(CC(=O)O)CC1. The molecule has 46 heavy (non-hydrogen) atoms. The number of ether oxygens (including phenoxy) is 2. The van der Waals surface area contributed by atoms with Crippen LogP contribution in [-0.2, 0) is 28.7 Å². The molecule has 2 rings (SSSR count). The smallest absolute Gasteiger partial charge is 0.317 e. The topological polar surface area (TPSA) is 150 Å². The fourth-order valence-corrected chi connectivity index (χ4v) is 5.29. The van der Waals surface area contributed by atoms with Crippen molar-refractivity contribution < 1.29 is 38.9 Å². The second kappa shape index (κ2) is 25.7. The summed E-state index contributed by atoms with van der Waals surface area (Å²) in [4.78, 5) is 57.9. The van der Waals surface area contributed by atoms with Gasteiger partial charge in [0.25, 0.3) is 12.9 Å². The first-order valence-electron chi connectivity index (χ1n) is 16.1. The Hall–Kier alpha value is -2.40. The first-order chi connectivity index (χ1) is 21.5. The van der Waals surface area contributed by atoms with Gasteiger partial charge in [0.05, 0.1) is 13.1 Å². The van der Waals surface area contributed by atoms with Crippen LogP contribution in [0.3, 0.4) is 0 Å². The van der Waals surface area contributed by atoms with E-state index in [1.165, 1.54) is 0 Å². The first-order valence-corrected chi connectivity index (χ1v) is 16.1. The van der Waals surface area contributed by atoms with Gasteiger partial charge in [-0.15, -0.1) is 0 Å². The van der Waals surface area contributed by atoms with Crippen LogP contribution in [0, 0.1) is 0 Å². The van der Waals surface area contributed by atoms with Gasteiger partial charge in [-0.2, -0.15) is 0 Å². The molecule has 0 radical (unpaired) electrons. The Morgan fingerprint density at radius 1 is 0.565 bits per heavy atom. The Morgan fingerprint density at radius 3 is 1.13 bits per heavy atom. The Kier molecular flexibility index (Phi) is 24.3. The Balaban J connectivity index is 0.000000882. The van der Waals surface area contributed by atoms with Gasteiger partial charge in [0, 0.05) is 104 Å². The van der Waals surface area contributed by atoms with Crippen molar-refractivity contribution in [1.29, 1.82) is 0 Å². The lowest BCUT2D eigenvalue weighted by molar-refractivity contribution is -0.139. The molecule has 0 aromatic rings. The summed E-state index contributed by atoms with van der Waals surface area (Å²) < 4.78 is 9.77. The second-order valence-electron chi connectivity index (χ2n) is 12.1. The summed E-state index contributed by atoms with van der Waals surface area (Å²) in [5.74, 6) is -1.58. The van der Waals surface area contributed by atoms with Crippen LogP contribution in [-0.4, -0.2) is 206 Å². The number of aliphatic carboxylic acids is 2. The van der Waals surface area contributed by atoms with Crippen LogP contribution in [0.25, 0.3) is 0 Å². The van der Waals surface area contributed by atoms with E-state index in [1.54, 1.807) is 0 Å². The number of carbonyl (C=O) groups excluding carboxylic acids is 2. The van der Waals surface area contributed by atoms with E-state index in [9.17, 15) is 19.2 Å². The third-order valence-corrected chi connectivity index (χ3v) is 8.29. The Labute approximate surface area is 276 Å². The summed E-state index contributed by atoms with van der Waals surface area (Å²) >= 11 is 0. The molecule has 2 aliphatic rings. The summed E-state index contributed by atoms with van der Waals surface area (Å²) in [6.07, 6.45) is 0. The van der Waals surface area contributed by atoms with Gasteiger partial charge in [-0.25, -0.2) is 0 Å². The lowest BCUT2D eigenvalue weighted by Crippen LogP contribution is -2.48. The van der Waals surface area contributed by atoms with Gasteiger partial charge >= 0.3 is 11.9 Å². The minimum atomic E-state index is -0.809. The van der Waals surface area contributed by atoms with Crippen LogP contribution in [0.15, 0.2) is 0 Å². The summed E-state index contributed by atoms with van der Waals surface area (Å²) in [6.45, 7) is 24.5. The van der Waals surface area contributed by atoms with E-state index in [0.717, 1.165) is 85.1 Å². The van der Waals surface area contributed by atoms with Crippen LogP contribution in [0.2, 0.25) is 0 Å². The highest BCUT2D eigenvalue weighted by Crippen LogP contribution is 2.05. The Morgan fingerprint density at radius 2 is 0.848 bits per heavy atom. The van der Waals surface area contributed by atoms with Crippen LogP contribution in [0.1, 0.15) is 42.0 Å². The van der Waals surface area contributed by atoms with Gasteiger partial charge in [-0.3, -0.25) is 48.6 Å². The van der Waals surface area contributed by atoms with Crippen LogP contribution < -0.4 is 0 Å². The molecule has 0 bridgehead atoms. The lowest BCUT2D eigenvalue weighted by atomic mass is 10.3. The van der Waals surface area contributed by atoms with Crippen molar-refractivity contribution in [2.75, 3.05) is 125 Å². The molecular formula is C31H63N7O8. The predicted molar refractivity (Wildman–Crippen MR) is 178 cm³/mol. The molecule has 15 heteroatoms. The minimum absolute atomic E-state index is 0. The zero-order chi connectivity index (χ0) is 33.6. The highest BCUT2D eigenvalue weighted by molar-refractivity contribution is 5.69. The Bertz CT molecular complexity index is 839. The van der Waals surface area contributed by atoms with Gasteiger partial charge in [-0.05, 0) is 34.2 Å². The monoisotopic (exact) mass is 661 g/mol. The third kappa shape index (κ3) is 20.0. The number of rotatable bonds is 13. The van der Waals surface area contributed by atoms with Gasteiger partial charge in [-0.1, -0.05) is 14.4 Å². The molecule has 15 nitrogen and oxygen atoms in total. The van der Waals surface area contributed by atoms with Gasteiger partial charge in [0.1, 0.15) is 13.5 Å². The third-order valence-electron chi connectivity index (χ3n) is 8.29. The van der Waals surface area contributed by atoms with Crippen molar-refractivity contribution in [3.8, 4) is 0 Å². The van der Waals surface area contributed by atoms with Crippen molar-refractivity contribution >= 4 is 24.9 Å². The van der Waals surface area contributed by atoms with Gasteiger partial charge in [0.2, 0.25) is 0 Å². The number of carboxylic acid groups (broad SMARTS) is 2. The molecule has 0 amide bonds. The van der Waals surface area contributed by atoms with E-state index in [0.29, 0.717) is 44.8 Å². The van der Waals surface area contributed by atoms with Crippen molar-refractivity contribution in [2.45, 2.75) is 54.1 Å². The fraction of sp³-hybridized carbons (Fsp3) is 0.871. The maximum absolute atomic E-state index is 11.1. The molecule has 0 atom stereocenters. The standard InChI is InChI=1S/C17H34N4O4.C13H25N3O4.CH4/c1-4-18-5-7-19(13-17(23)24)9-11-21(16(2)3)12-10-20(8-6-18)14-25-15-22;1-12(2)16-7-5-14(9-13(18)19)3-4-15(6-8-16)10-20-11-17;/h15-16H,4-14H2,1-3H3,(H,23,24);11-12H,3-10H2,1-2H3,(H,18,19);1H4. The summed E-state index contributed by atoms with van der Waals surface area (Å²) in [7, 11) is 0. The predicted octanol–water partition coefficient (Wildman–Crippen LogP) is 0.0170. The van der Waals surface area contributed by atoms with E-state index in [4.69, 9.17) is 19.7 Å². The average Bonchev–Trinajstić information content (AvgIpc) is 3.07. The molecule has 0 unspecified atom stereocenters. The summed E-state index contributed by atoms with van der Waals surface area (Å²) in [5.41, 5.74) is 0. The number of likely N-dealkylation sites (N-methyl/N-ethyl adjacent to an activating group) is 1. The highest BCUT2D eigenvalue weighted by atomic mass is 16.5. The van der Waals surface area contributed by atoms with E-state index >= 15 is 0 Å². The number of nitrogens with zero attached hydrogens (tertiary/aromatic N) is 7. The normalized spacial score (nSPS) is 20.1. The van der Waals surface area contributed by atoms with Gasteiger partial charge < -0.3 is 24.6 Å². The number of hydrogen-bond acceptors (Lipinski definition) is 13. The van der Waals surface area contributed by atoms with Gasteiger partial charge in [0.15, 0.2) is 0 Å². The first kappa shape index (κ1) is 43.6. The molecule has 2 aliphatic heterocycles. The number of hydrogen-bond donors (Lipinski definition) is 2. The average molecular weight is 662 g/mol. The zero-order valence-corrected chi connectivity index (χ0v) is 28.2. The molecule has 2 saturated heterocycles. The van der Waals surface area contributed by atoms with Crippen molar-refractivity contribution in [3.63, 3.8) is 0 Å². The van der Waals surface area contributed by atoms with Crippen molar-refractivity contribution in [2.24, 2.45) is 0 Å². The zero-order valence-electron chi connectivity index (χ0n) is 28.2. The lowest BCUT2D eigenvalue weighted by Gasteiger charge is -2.34. The van der Waals surface area contributed by atoms with E-state index < -0.39 is 11.9 Å². The number of carbonyl (C=O) groups is 4. The van der Waals surface area contributed by atoms with Crippen molar-refractivity contribution in [1.82, 2.24) is 34.3 Å². The van der Waals surface area contributed by atoms with Crippen LogP contribution in [0.5, 0.6) is 0 Å². The molecular weight excluding hydrogens is 598 g/mol. The second-order valence-corrected chi connectivity index (χ2v) is 12.1. The molecule has 0 aromatic carbocycles. The summed E-state index contributed by atoms with van der Waals surface area (Å²) in [6, 6.07) is 0.796. The highest BCUT2D eigenvalue weighted by Gasteiger charge is 2.20. The number of carboxylic acids is 2. The fourth-order valence-electron chi connectivity index (χ4n) is 5.29. The molecule has 0 spiro atoms. The maximum Gasteiger partial charge on any atom is 0.317 e. The molecule has 0 saturated carbocycles. The maximum atomic E-state index is 11.1. The van der Waals surface area contributed by atoms with Crippen molar-refractivity contribution in [3.05, 3.63) is 0 Å². The largest absolute Gasteiger partial charge is 0.480 e. The molecule has 2 fully saturated rings.